The molecule has 3 aromatic heterocycles. The summed E-state index contributed by atoms with van der Waals surface area (Å²) in [6.07, 6.45) is 3.92. The van der Waals surface area contributed by atoms with Crippen molar-refractivity contribution >= 4 is 51.1 Å². The van der Waals surface area contributed by atoms with Gasteiger partial charge in [-0.05, 0) is 89.4 Å². The molecule has 0 N–H and O–H groups in total. The van der Waals surface area contributed by atoms with E-state index in [1.54, 1.807) is 36.3 Å². The van der Waals surface area contributed by atoms with Crippen LogP contribution >= 0.6 is 38.9 Å². The van der Waals surface area contributed by atoms with Gasteiger partial charge in [0.2, 0.25) is 5.88 Å². The van der Waals surface area contributed by atoms with Crippen molar-refractivity contribution in [1.29, 1.82) is 0 Å². The standard InChI is InChI=1S/C25H23F3N6O.Cl3OP/c1-16-14-33(15-29-16)21-11-9-17(30-24(21)35-2)10-12-22-31-23-19(7-5-13-34(23)32-22)18-6-3-4-8-20(18)25(26,27)28;1-5(2,3)4/h3-4,6,8-12,14-15,19H,5,7,13H2,1-2H3;/b12-10+;. The van der Waals surface area contributed by atoms with Crippen LogP contribution in [-0.2, 0) is 17.3 Å². The fraction of sp³-hybridized carbons (Fsp3) is 0.280. The van der Waals surface area contributed by atoms with E-state index in [0.717, 1.165) is 23.9 Å². The number of benzene rings is 1. The van der Waals surface area contributed by atoms with Gasteiger partial charge in [0.15, 0.2) is 5.82 Å². The summed E-state index contributed by atoms with van der Waals surface area (Å²) in [4.78, 5) is 13.3. The number of methoxy groups -OCH3 is 1. The molecule has 40 heavy (non-hydrogen) atoms. The first-order chi connectivity index (χ1) is 18.8. The molecule has 4 aromatic rings. The second kappa shape index (κ2) is 12.3. The number of rotatable bonds is 5. The molecule has 0 aliphatic carbocycles. The minimum atomic E-state index is -4.42. The molecule has 0 radical (unpaired) electrons. The van der Waals surface area contributed by atoms with Crippen LogP contribution in [0.3, 0.4) is 0 Å². The maximum Gasteiger partial charge on any atom is 0.416 e. The van der Waals surface area contributed by atoms with Crippen LogP contribution in [0, 0.1) is 6.92 Å². The lowest BCUT2D eigenvalue weighted by Crippen LogP contribution is -2.21. The van der Waals surface area contributed by atoms with Crippen molar-refractivity contribution in [2.75, 3.05) is 7.11 Å². The predicted molar refractivity (Wildman–Crippen MR) is 149 cm³/mol. The third-order valence-electron chi connectivity index (χ3n) is 5.98. The number of nitrogens with zero attached hydrogens (tertiary/aromatic N) is 6. The van der Waals surface area contributed by atoms with Crippen molar-refractivity contribution in [2.24, 2.45) is 0 Å². The third-order valence-corrected chi connectivity index (χ3v) is 5.98. The van der Waals surface area contributed by atoms with Crippen molar-refractivity contribution in [3.63, 3.8) is 0 Å². The highest BCUT2D eigenvalue weighted by molar-refractivity contribution is 8.24. The molecule has 0 saturated heterocycles. The minimum absolute atomic E-state index is 0.237. The predicted octanol–water partition coefficient (Wildman–Crippen LogP) is 8.10. The lowest BCUT2D eigenvalue weighted by Gasteiger charge is -2.25. The zero-order valence-corrected chi connectivity index (χ0v) is 24.3. The normalized spacial score (nSPS) is 15.4. The molecule has 1 unspecified atom stereocenters. The van der Waals surface area contributed by atoms with Gasteiger partial charge in [0, 0.05) is 18.7 Å². The first kappa shape index (κ1) is 30.1. The zero-order valence-electron chi connectivity index (χ0n) is 21.2. The molecular formula is C25H23Cl3F3N6O2P. The van der Waals surface area contributed by atoms with Gasteiger partial charge in [-0.25, -0.2) is 19.6 Å². The van der Waals surface area contributed by atoms with E-state index in [4.69, 9.17) is 4.74 Å². The number of halogens is 6. The molecular weight excluding hydrogens is 611 g/mol. The SMILES string of the molecule is COc1nc(/C=C/c2nc3n(n2)CCCC3c2ccccc2C(F)(F)F)ccc1-n1cnc(C)c1.O=P(Cl)(Cl)Cl. The van der Waals surface area contributed by atoms with Crippen LogP contribution in [-0.4, -0.2) is 36.4 Å². The monoisotopic (exact) mass is 632 g/mol. The maximum atomic E-state index is 13.6. The van der Waals surface area contributed by atoms with Crippen molar-refractivity contribution in [3.05, 3.63) is 83.1 Å². The van der Waals surface area contributed by atoms with E-state index >= 15 is 0 Å². The van der Waals surface area contributed by atoms with E-state index in [-0.39, 0.29) is 5.56 Å². The molecule has 5 rings (SSSR count). The number of hydrogen-bond donors (Lipinski definition) is 0. The summed E-state index contributed by atoms with van der Waals surface area (Å²) in [6.45, 7) is 2.52. The first-order valence-electron chi connectivity index (χ1n) is 11.9. The topological polar surface area (TPSA) is 87.7 Å². The van der Waals surface area contributed by atoms with Crippen molar-refractivity contribution < 1.29 is 22.5 Å². The Bertz CT molecular complexity index is 1560. The average molecular weight is 634 g/mol. The Morgan fingerprint density at radius 2 is 1.82 bits per heavy atom. The lowest BCUT2D eigenvalue weighted by atomic mass is 9.88. The number of pyridine rings is 1. The van der Waals surface area contributed by atoms with E-state index in [2.05, 4.69) is 53.8 Å². The van der Waals surface area contributed by atoms with Gasteiger partial charge in [-0.2, -0.15) is 18.3 Å². The number of aromatic nitrogens is 6. The van der Waals surface area contributed by atoms with Crippen molar-refractivity contribution in [1.82, 2.24) is 29.3 Å². The van der Waals surface area contributed by atoms with Gasteiger partial charge in [-0.3, -0.25) is 4.57 Å². The third kappa shape index (κ3) is 7.66. The van der Waals surface area contributed by atoms with Crippen molar-refractivity contribution in [2.45, 2.75) is 38.4 Å². The summed E-state index contributed by atoms with van der Waals surface area (Å²) in [5.74, 6) is 0.938. The molecule has 0 bridgehead atoms. The van der Waals surface area contributed by atoms with Crippen LogP contribution in [0.5, 0.6) is 5.88 Å². The van der Waals surface area contributed by atoms with Gasteiger partial charge < -0.3 is 9.30 Å². The van der Waals surface area contributed by atoms with E-state index in [1.807, 2.05) is 29.8 Å². The Morgan fingerprint density at radius 3 is 2.48 bits per heavy atom. The van der Waals surface area contributed by atoms with Crippen LogP contribution in [0.1, 0.15) is 52.9 Å². The summed E-state index contributed by atoms with van der Waals surface area (Å²) in [5.41, 5.74) is 1.88. The molecule has 212 valence electrons. The van der Waals surface area contributed by atoms with Gasteiger partial charge in [0.05, 0.1) is 30.4 Å². The second-order valence-corrected chi connectivity index (χ2v) is 15.4. The van der Waals surface area contributed by atoms with Gasteiger partial charge in [-0.15, -0.1) is 0 Å². The van der Waals surface area contributed by atoms with E-state index in [0.29, 0.717) is 36.2 Å². The lowest BCUT2D eigenvalue weighted by molar-refractivity contribution is -0.138. The number of aryl methyl sites for hydroxylation is 2. The molecule has 0 amide bonds. The second-order valence-electron chi connectivity index (χ2n) is 8.75. The fourth-order valence-electron chi connectivity index (χ4n) is 4.39. The summed E-state index contributed by atoms with van der Waals surface area (Å²) in [7, 11) is 1.55. The highest BCUT2D eigenvalue weighted by Gasteiger charge is 2.37. The maximum absolute atomic E-state index is 13.6. The molecule has 15 heteroatoms. The summed E-state index contributed by atoms with van der Waals surface area (Å²) in [5, 5.41) is 1.29. The number of alkyl halides is 3. The van der Waals surface area contributed by atoms with Gasteiger partial charge in [0.25, 0.3) is 0 Å². The zero-order chi connectivity index (χ0) is 29.1. The van der Waals surface area contributed by atoms with Crippen LogP contribution in [0.2, 0.25) is 0 Å². The number of fused-ring (bicyclic) bond motifs is 1. The molecule has 8 nitrogen and oxygen atoms in total. The van der Waals surface area contributed by atoms with Gasteiger partial charge >= 0.3 is 11.4 Å². The molecule has 1 aliphatic rings. The Balaban J connectivity index is 0.000000681. The Hall–Kier alpha value is -2.85. The number of imidazole rings is 1. The molecule has 0 saturated carbocycles. The van der Waals surface area contributed by atoms with E-state index in [9.17, 15) is 17.7 Å². The van der Waals surface area contributed by atoms with Crippen molar-refractivity contribution in [3.8, 4) is 11.6 Å². The van der Waals surface area contributed by atoms with E-state index in [1.165, 1.54) is 12.1 Å². The largest absolute Gasteiger partial charge is 0.479 e. The molecule has 0 fully saturated rings. The van der Waals surface area contributed by atoms with Gasteiger partial charge in [0.1, 0.15) is 11.5 Å². The molecule has 1 aromatic carbocycles. The van der Waals surface area contributed by atoms with E-state index < -0.39 is 22.9 Å². The smallest absolute Gasteiger partial charge is 0.416 e. The number of hydrogen-bond acceptors (Lipinski definition) is 6. The summed E-state index contributed by atoms with van der Waals surface area (Å²) < 4.78 is 59.4. The highest BCUT2D eigenvalue weighted by atomic mass is 36.0. The average Bonchev–Trinajstić information content (AvgIpc) is 3.51. The minimum Gasteiger partial charge on any atom is -0.479 e. The van der Waals surface area contributed by atoms with Crippen LogP contribution in [0.15, 0.2) is 48.9 Å². The van der Waals surface area contributed by atoms with Crippen LogP contribution < -0.4 is 4.74 Å². The Labute approximate surface area is 242 Å². The summed E-state index contributed by atoms with van der Waals surface area (Å²) in [6, 6.07) is 9.42. The molecule has 1 aliphatic heterocycles. The quantitative estimate of drug-likeness (QED) is 0.206. The highest BCUT2D eigenvalue weighted by Crippen LogP contribution is 2.61. The van der Waals surface area contributed by atoms with Gasteiger partial charge in [-0.1, -0.05) is 18.2 Å². The Morgan fingerprint density at radius 1 is 1.10 bits per heavy atom. The first-order valence-corrected chi connectivity index (χ1v) is 16.3. The van der Waals surface area contributed by atoms with Crippen LogP contribution in [0.25, 0.3) is 17.8 Å². The Kier molecular flexibility index (Phi) is 9.29. The van der Waals surface area contributed by atoms with Crippen LogP contribution in [0.4, 0.5) is 13.2 Å². The molecule has 4 heterocycles. The molecule has 1 atom stereocenters. The summed E-state index contributed by atoms with van der Waals surface area (Å²) >= 11 is 13.8. The fourth-order valence-corrected chi connectivity index (χ4v) is 4.39. The molecule has 0 spiro atoms. The number of ether oxygens (including phenoxy) is 1.